The van der Waals surface area contributed by atoms with Crippen molar-refractivity contribution in [3.8, 4) is 5.69 Å². The molecule has 0 aliphatic carbocycles. The van der Waals surface area contributed by atoms with E-state index in [9.17, 15) is 0 Å². The number of hydrogen-bond acceptors (Lipinski definition) is 2. The Kier molecular flexibility index (Phi) is 1.41. The van der Waals surface area contributed by atoms with E-state index in [2.05, 4.69) is 10.3 Å². The maximum atomic E-state index is 3.85. The van der Waals surface area contributed by atoms with E-state index < -0.39 is 0 Å². The fourth-order valence-corrected chi connectivity index (χ4v) is 0.927. The molecule has 1 aromatic heterocycles. The molecule has 2 rings (SSSR count). The minimum Gasteiger partial charge on any atom is -0.221 e. The lowest BCUT2D eigenvalue weighted by molar-refractivity contribution is 0.803. The van der Waals surface area contributed by atoms with Crippen LogP contribution >= 0.6 is 0 Å². The van der Waals surface area contributed by atoms with Gasteiger partial charge in [-0.05, 0) is 12.1 Å². The van der Waals surface area contributed by atoms with Crippen molar-refractivity contribution in [2.24, 2.45) is 0 Å². The van der Waals surface area contributed by atoms with Crippen LogP contribution in [0.3, 0.4) is 0 Å². The second-order valence-electron chi connectivity index (χ2n) is 2.18. The summed E-state index contributed by atoms with van der Waals surface area (Å²) in [5.74, 6) is 0. The van der Waals surface area contributed by atoms with Crippen LogP contribution in [0.5, 0.6) is 0 Å². The lowest BCUT2D eigenvalue weighted by Gasteiger charge is -1.96. The van der Waals surface area contributed by atoms with Gasteiger partial charge >= 0.3 is 0 Å². The van der Waals surface area contributed by atoms with Gasteiger partial charge in [0.1, 0.15) is 0 Å². The standard InChI is InChI=1S/C8H7N3/c1-2-4-8(5-3-1)11-7-6-9-10-11/h1-7H. The summed E-state index contributed by atoms with van der Waals surface area (Å²) < 4.78 is 1.72. The minimum atomic E-state index is 1.03. The summed E-state index contributed by atoms with van der Waals surface area (Å²) in [7, 11) is 0. The topological polar surface area (TPSA) is 30.7 Å². The molecule has 0 amide bonds. The smallest absolute Gasteiger partial charge is 0.0697 e. The van der Waals surface area contributed by atoms with Crippen molar-refractivity contribution in [1.82, 2.24) is 15.0 Å². The Hall–Kier alpha value is -1.64. The van der Waals surface area contributed by atoms with Gasteiger partial charge in [-0.3, -0.25) is 0 Å². The first-order chi connectivity index (χ1) is 5.47. The number of rotatable bonds is 1. The van der Waals surface area contributed by atoms with Gasteiger partial charge in [-0.2, -0.15) is 0 Å². The second kappa shape index (κ2) is 2.54. The normalized spacial score (nSPS) is 9.82. The van der Waals surface area contributed by atoms with Gasteiger partial charge in [0.25, 0.3) is 0 Å². The van der Waals surface area contributed by atoms with Gasteiger partial charge < -0.3 is 0 Å². The molecule has 2 aromatic rings. The van der Waals surface area contributed by atoms with Gasteiger partial charge in [0.15, 0.2) is 0 Å². The fourth-order valence-electron chi connectivity index (χ4n) is 0.927. The Morgan fingerprint density at radius 2 is 1.91 bits per heavy atom. The Morgan fingerprint density at radius 1 is 1.09 bits per heavy atom. The third-order valence-corrected chi connectivity index (χ3v) is 1.44. The highest BCUT2D eigenvalue weighted by atomic mass is 15.4. The van der Waals surface area contributed by atoms with E-state index in [1.54, 1.807) is 10.9 Å². The van der Waals surface area contributed by atoms with Crippen LogP contribution in [-0.4, -0.2) is 15.0 Å². The van der Waals surface area contributed by atoms with Crippen LogP contribution in [-0.2, 0) is 0 Å². The van der Waals surface area contributed by atoms with Crippen molar-refractivity contribution < 1.29 is 0 Å². The molecule has 11 heavy (non-hydrogen) atoms. The number of para-hydroxylation sites is 1. The summed E-state index contributed by atoms with van der Waals surface area (Å²) in [6, 6.07) is 9.87. The molecule has 0 saturated heterocycles. The van der Waals surface area contributed by atoms with E-state index in [1.165, 1.54) is 0 Å². The zero-order valence-corrected chi connectivity index (χ0v) is 5.88. The zero-order chi connectivity index (χ0) is 7.52. The molecule has 0 aliphatic heterocycles. The molecule has 0 saturated carbocycles. The number of nitrogens with zero attached hydrogens (tertiary/aromatic N) is 3. The summed E-state index contributed by atoms with van der Waals surface area (Å²) in [6.07, 6.45) is 3.47. The highest BCUT2D eigenvalue weighted by Gasteiger charge is 1.91. The van der Waals surface area contributed by atoms with Crippen molar-refractivity contribution in [2.45, 2.75) is 0 Å². The van der Waals surface area contributed by atoms with Crippen molar-refractivity contribution in [3.05, 3.63) is 42.7 Å². The molecular formula is C8H7N3. The van der Waals surface area contributed by atoms with Gasteiger partial charge in [0.05, 0.1) is 18.1 Å². The SMILES string of the molecule is c1ccc(-n2ccnn2)cc1. The lowest BCUT2D eigenvalue weighted by Crippen LogP contribution is -1.93. The molecule has 3 heteroatoms. The summed E-state index contributed by atoms with van der Waals surface area (Å²) in [5, 5.41) is 7.56. The van der Waals surface area contributed by atoms with Crippen LogP contribution < -0.4 is 0 Å². The monoisotopic (exact) mass is 145 g/mol. The van der Waals surface area contributed by atoms with E-state index in [0.717, 1.165) is 5.69 Å². The molecule has 0 radical (unpaired) electrons. The maximum Gasteiger partial charge on any atom is 0.0697 e. The van der Waals surface area contributed by atoms with Crippen LogP contribution in [0.25, 0.3) is 5.69 Å². The lowest BCUT2D eigenvalue weighted by atomic mass is 10.3. The average molecular weight is 145 g/mol. The molecule has 3 nitrogen and oxygen atoms in total. The summed E-state index contributed by atoms with van der Waals surface area (Å²) in [5.41, 5.74) is 1.03. The van der Waals surface area contributed by atoms with Crippen LogP contribution in [0, 0.1) is 0 Å². The summed E-state index contributed by atoms with van der Waals surface area (Å²) >= 11 is 0. The molecule has 0 N–H and O–H groups in total. The van der Waals surface area contributed by atoms with Crippen molar-refractivity contribution in [2.75, 3.05) is 0 Å². The quantitative estimate of drug-likeness (QED) is 0.605. The van der Waals surface area contributed by atoms with Crippen LogP contribution in [0.1, 0.15) is 0 Å². The van der Waals surface area contributed by atoms with Gasteiger partial charge in [0.2, 0.25) is 0 Å². The highest BCUT2D eigenvalue weighted by Crippen LogP contribution is 2.02. The van der Waals surface area contributed by atoms with E-state index in [-0.39, 0.29) is 0 Å². The maximum absolute atomic E-state index is 3.85. The number of benzene rings is 1. The van der Waals surface area contributed by atoms with Crippen molar-refractivity contribution >= 4 is 0 Å². The van der Waals surface area contributed by atoms with E-state index in [0.29, 0.717) is 0 Å². The summed E-state index contributed by atoms with van der Waals surface area (Å²) in [6.45, 7) is 0. The number of hydrogen-bond donors (Lipinski definition) is 0. The Bertz CT molecular complexity index is 312. The highest BCUT2D eigenvalue weighted by molar-refractivity contribution is 5.29. The van der Waals surface area contributed by atoms with Crippen LogP contribution in [0.15, 0.2) is 42.7 Å². The Morgan fingerprint density at radius 3 is 2.55 bits per heavy atom. The molecule has 0 fully saturated rings. The average Bonchev–Trinajstić information content (AvgIpc) is 2.58. The molecule has 54 valence electrons. The van der Waals surface area contributed by atoms with Gasteiger partial charge in [-0.1, -0.05) is 23.4 Å². The fraction of sp³-hybridized carbons (Fsp3) is 0. The van der Waals surface area contributed by atoms with Gasteiger partial charge in [0, 0.05) is 0 Å². The first-order valence-electron chi connectivity index (χ1n) is 3.38. The third kappa shape index (κ3) is 1.12. The van der Waals surface area contributed by atoms with Crippen molar-refractivity contribution in [1.29, 1.82) is 0 Å². The van der Waals surface area contributed by atoms with Crippen LogP contribution in [0.4, 0.5) is 0 Å². The predicted molar refractivity (Wildman–Crippen MR) is 41.4 cm³/mol. The zero-order valence-electron chi connectivity index (χ0n) is 5.88. The third-order valence-electron chi connectivity index (χ3n) is 1.44. The Balaban J connectivity index is 2.46. The Labute approximate surface area is 64.3 Å². The molecule has 0 aliphatic rings. The van der Waals surface area contributed by atoms with E-state index >= 15 is 0 Å². The number of aromatic nitrogens is 3. The van der Waals surface area contributed by atoms with Gasteiger partial charge in [-0.15, -0.1) is 5.10 Å². The minimum absolute atomic E-state index is 1.03. The first kappa shape index (κ1) is 6.09. The molecule has 1 aromatic carbocycles. The molecule has 0 unspecified atom stereocenters. The first-order valence-corrected chi connectivity index (χ1v) is 3.38. The molecule has 1 heterocycles. The van der Waals surface area contributed by atoms with Crippen molar-refractivity contribution in [3.63, 3.8) is 0 Å². The molecular weight excluding hydrogens is 138 g/mol. The van der Waals surface area contributed by atoms with Crippen LogP contribution in [0.2, 0.25) is 0 Å². The summed E-state index contributed by atoms with van der Waals surface area (Å²) in [4.78, 5) is 0. The van der Waals surface area contributed by atoms with E-state index in [4.69, 9.17) is 0 Å². The predicted octanol–water partition coefficient (Wildman–Crippen LogP) is 1.27. The second-order valence-corrected chi connectivity index (χ2v) is 2.18. The largest absolute Gasteiger partial charge is 0.221 e. The molecule has 0 bridgehead atoms. The van der Waals surface area contributed by atoms with E-state index in [1.807, 2.05) is 36.5 Å². The molecule has 0 spiro atoms. The molecule has 0 atom stereocenters. The van der Waals surface area contributed by atoms with Gasteiger partial charge in [-0.25, -0.2) is 4.68 Å².